The lowest BCUT2D eigenvalue weighted by Gasteiger charge is -2.34. The van der Waals surface area contributed by atoms with Crippen molar-refractivity contribution >= 4 is 30.1 Å². The van der Waals surface area contributed by atoms with E-state index in [4.69, 9.17) is 10.3 Å². The summed E-state index contributed by atoms with van der Waals surface area (Å²) in [7, 11) is 0. The standard InChI is InChI=1S/C16H18N4O2S.ClH/c17-16(7-4-8-16)15-18-13(22-19-15)12-9-23-10-20(12)14(21)11-5-2-1-3-6-11;/h1-3,5-6,12H,4,7-10,17H2;1H. The molecule has 128 valence electrons. The Balaban J connectivity index is 0.00000169. The van der Waals surface area contributed by atoms with Gasteiger partial charge in [0.05, 0.1) is 11.4 Å². The van der Waals surface area contributed by atoms with Crippen molar-refractivity contribution < 1.29 is 9.32 Å². The molecular formula is C16H19ClN4O2S. The molecule has 1 aromatic carbocycles. The van der Waals surface area contributed by atoms with E-state index < -0.39 is 5.54 Å². The Hall–Kier alpha value is -1.57. The number of benzene rings is 1. The molecule has 1 aliphatic carbocycles. The van der Waals surface area contributed by atoms with Gasteiger partial charge in [-0.2, -0.15) is 4.98 Å². The number of carbonyl (C=O) groups is 1. The van der Waals surface area contributed by atoms with Crippen LogP contribution in [0, 0.1) is 0 Å². The van der Waals surface area contributed by atoms with Crippen LogP contribution in [0.3, 0.4) is 0 Å². The molecule has 1 aliphatic heterocycles. The summed E-state index contributed by atoms with van der Waals surface area (Å²) in [6.45, 7) is 0. The second kappa shape index (κ2) is 6.74. The van der Waals surface area contributed by atoms with Crippen LogP contribution in [0.1, 0.15) is 47.4 Å². The van der Waals surface area contributed by atoms with E-state index in [1.165, 1.54) is 0 Å². The molecule has 1 unspecified atom stereocenters. The van der Waals surface area contributed by atoms with Gasteiger partial charge < -0.3 is 15.2 Å². The zero-order chi connectivity index (χ0) is 15.9. The van der Waals surface area contributed by atoms with Crippen molar-refractivity contribution in [3.63, 3.8) is 0 Å². The van der Waals surface area contributed by atoms with Crippen molar-refractivity contribution in [2.24, 2.45) is 5.73 Å². The Morgan fingerprint density at radius 2 is 2.08 bits per heavy atom. The Bertz CT molecular complexity index is 720. The van der Waals surface area contributed by atoms with Gasteiger partial charge in [0, 0.05) is 11.3 Å². The van der Waals surface area contributed by atoms with Crippen LogP contribution in [0.5, 0.6) is 0 Å². The molecule has 2 aliphatic rings. The Morgan fingerprint density at radius 3 is 2.75 bits per heavy atom. The SMILES string of the molecule is Cl.NC1(c2noc(C3CSCN3C(=O)c3ccccc3)n2)CCC1. The first-order valence-corrected chi connectivity index (χ1v) is 8.90. The van der Waals surface area contributed by atoms with Crippen molar-refractivity contribution in [3.8, 4) is 0 Å². The maximum absolute atomic E-state index is 12.7. The Labute approximate surface area is 150 Å². The molecule has 2 heterocycles. The van der Waals surface area contributed by atoms with E-state index in [0.29, 0.717) is 23.2 Å². The maximum Gasteiger partial charge on any atom is 0.255 e. The maximum atomic E-state index is 12.7. The van der Waals surface area contributed by atoms with Gasteiger partial charge in [0.2, 0.25) is 5.89 Å². The molecule has 4 rings (SSSR count). The van der Waals surface area contributed by atoms with Gasteiger partial charge in [-0.15, -0.1) is 24.2 Å². The van der Waals surface area contributed by atoms with Crippen LogP contribution in [0.2, 0.25) is 0 Å². The van der Waals surface area contributed by atoms with Gasteiger partial charge in [0.1, 0.15) is 6.04 Å². The first-order chi connectivity index (χ1) is 11.2. The van der Waals surface area contributed by atoms with E-state index in [-0.39, 0.29) is 24.4 Å². The summed E-state index contributed by atoms with van der Waals surface area (Å²) < 4.78 is 5.44. The zero-order valence-electron chi connectivity index (χ0n) is 13.1. The molecule has 1 atom stereocenters. The minimum Gasteiger partial charge on any atom is -0.337 e. The van der Waals surface area contributed by atoms with Crippen molar-refractivity contribution in [1.29, 1.82) is 0 Å². The molecule has 0 bridgehead atoms. The number of amides is 1. The third-order valence-electron chi connectivity index (χ3n) is 4.58. The highest BCUT2D eigenvalue weighted by atomic mass is 35.5. The molecule has 2 fully saturated rings. The van der Waals surface area contributed by atoms with Crippen molar-refractivity contribution in [2.45, 2.75) is 30.8 Å². The number of aromatic nitrogens is 2. The smallest absolute Gasteiger partial charge is 0.255 e. The number of thioether (sulfide) groups is 1. The number of nitrogens with zero attached hydrogens (tertiary/aromatic N) is 3. The van der Waals surface area contributed by atoms with Gasteiger partial charge in [-0.1, -0.05) is 23.4 Å². The molecule has 1 saturated heterocycles. The third-order valence-corrected chi connectivity index (χ3v) is 5.59. The Kier molecular flexibility index (Phi) is 4.85. The van der Waals surface area contributed by atoms with Crippen LogP contribution >= 0.6 is 24.2 Å². The van der Waals surface area contributed by atoms with Gasteiger partial charge >= 0.3 is 0 Å². The summed E-state index contributed by atoms with van der Waals surface area (Å²) in [5.41, 5.74) is 6.48. The van der Waals surface area contributed by atoms with Crippen LogP contribution in [0.25, 0.3) is 0 Å². The molecule has 24 heavy (non-hydrogen) atoms. The Morgan fingerprint density at radius 1 is 1.33 bits per heavy atom. The second-order valence-electron chi connectivity index (χ2n) is 6.12. The van der Waals surface area contributed by atoms with Gasteiger partial charge in [0.25, 0.3) is 5.91 Å². The third kappa shape index (κ3) is 2.92. The first-order valence-electron chi connectivity index (χ1n) is 7.74. The van der Waals surface area contributed by atoms with Gasteiger partial charge in [0.15, 0.2) is 5.82 Å². The minimum absolute atomic E-state index is 0. The summed E-state index contributed by atoms with van der Waals surface area (Å²) >= 11 is 1.69. The number of rotatable bonds is 3. The van der Waals surface area contributed by atoms with E-state index >= 15 is 0 Å². The molecule has 2 N–H and O–H groups in total. The van der Waals surface area contributed by atoms with Gasteiger partial charge in [-0.25, -0.2) is 0 Å². The first kappa shape index (κ1) is 17.3. The lowest BCUT2D eigenvalue weighted by Crippen LogP contribution is -2.44. The highest BCUT2D eigenvalue weighted by Crippen LogP contribution is 2.39. The van der Waals surface area contributed by atoms with Crippen LogP contribution in [-0.4, -0.2) is 32.6 Å². The monoisotopic (exact) mass is 366 g/mol. The van der Waals surface area contributed by atoms with Crippen LogP contribution < -0.4 is 5.73 Å². The fraction of sp³-hybridized carbons (Fsp3) is 0.438. The fourth-order valence-corrected chi connectivity index (χ4v) is 4.09. The number of carbonyl (C=O) groups excluding carboxylic acids is 1. The number of hydrogen-bond donors (Lipinski definition) is 1. The molecule has 0 radical (unpaired) electrons. The predicted molar refractivity (Wildman–Crippen MR) is 93.9 cm³/mol. The highest BCUT2D eigenvalue weighted by Gasteiger charge is 2.41. The van der Waals surface area contributed by atoms with E-state index in [2.05, 4.69) is 10.1 Å². The topological polar surface area (TPSA) is 85.2 Å². The van der Waals surface area contributed by atoms with Crippen LogP contribution in [0.15, 0.2) is 34.9 Å². The highest BCUT2D eigenvalue weighted by molar-refractivity contribution is 7.99. The van der Waals surface area contributed by atoms with E-state index in [9.17, 15) is 4.79 Å². The average Bonchev–Trinajstić information content (AvgIpc) is 3.21. The summed E-state index contributed by atoms with van der Waals surface area (Å²) in [4.78, 5) is 19.0. The molecular weight excluding hydrogens is 348 g/mol. The number of halogens is 1. The minimum atomic E-state index is -0.443. The average molecular weight is 367 g/mol. The van der Waals surface area contributed by atoms with Crippen LogP contribution in [0.4, 0.5) is 0 Å². The van der Waals surface area contributed by atoms with E-state index in [0.717, 1.165) is 25.0 Å². The fourth-order valence-electron chi connectivity index (χ4n) is 2.95. The molecule has 8 heteroatoms. The van der Waals surface area contributed by atoms with E-state index in [1.807, 2.05) is 30.3 Å². The summed E-state index contributed by atoms with van der Waals surface area (Å²) in [5.74, 6) is 2.45. The van der Waals surface area contributed by atoms with Crippen LogP contribution in [-0.2, 0) is 5.54 Å². The molecule has 2 aromatic rings. The second-order valence-corrected chi connectivity index (χ2v) is 7.12. The summed E-state index contributed by atoms with van der Waals surface area (Å²) in [5, 5.41) is 4.06. The molecule has 0 spiro atoms. The quantitative estimate of drug-likeness (QED) is 0.898. The lowest BCUT2D eigenvalue weighted by atomic mass is 9.77. The molecule has 1 saturated carbocycles. The zero-order valence-corrected chi connectivity index (χ0v) is 14.7. The summed E-state index contributed by atoms with van der Waals surface area (Å²) in [6, 6.07) is 9.10. The summed E-state index contributed by atoms with van der Waals surface area (Å²) in [6.07, 6.45) is 2.87. The number of nitrogens with two attached hydrogens (primary N) is 1. The predicted octanol–water partition coefficient (Wildman–Crippen LogP) is 2.72. The van der Waals surface area contributed by atoms with Crippen molar-refractivity contribution in [1.82, 2.24) is 15.0 Å². The molecule has 6 nitrogen and oxygen atoms in total. The number of hydrogen-bond acceptors (Lipinski definition) is 6. The van der Waals surface area contributed by atoms with Gasteiger partial charge in [-0.05, 0) is 31.4 Å². The lowest BCUT2D eigenvalue weighted by molar-refractivity contribution is 0.0722. The largest absolute Gasteiger partial charge is 0.337 e. The van der Waals surface area contributed by atoms with Gasteiger partial charge in [-0.3, -0.25) is 4.79 Å². The normalized spacial score (nSPS) is 21.9. The van der Waals surface area contributed by atoms with Crippen molar-refractivity contribution in [2.75, 3.05) is 11.6 Å². The van der Waals surface area contributed by atoms with E-state index in [1.54, 1.807) is 16.7 Å². The van der Waals surface area contributed by atoms with Crippen molar-refractivity contribution in [3.05, 3.63) is 47.6 Å². The molecule has 1 amide bonds. The molecule has 1 aromatic heterocycles.